The summed E-state index contributed by atoms with van der Waals surface area (Å²) in [5.74, 6) is -0.555. The van der Waals surface area contributed by atoms with Crippen molar-refractivity contribution < 1.29 is 19.1 Å². The van der Waals surface area contributed by atoms with Crippen LogP contribution in [-0.2, 0) is 9.53 Å². The third kappa shape index (κ3) is 5.18. The van der Waals surface area contributed by atoms with Gasteiger partial charge in [0.05, 0.1) is 24.3 Å². The van der Waals surface area contributed by atoms with E-state index in [2.05, 4.69) is 41.9 Å². The van der Waals surface area contributed by atoms with E-state index in [0.717, 1.165) is 4.47 Å². The zero-order valence-corrected chi connectivity index (χ0v) is 17.5. The lowest BCUT2D eigenvalue weighted by atomic mass is 10.1. The summed E-state index contributed by atoms with van der Waals surface area (Å²) in [4.78, 5) is 23.9. The van der Waals surface area contributed by atoms with Gasteiger partial charge in [0.1, 0.15) is 17.4 Å². The Morgan fingerprint density at radius 2 is 1.81 bits per heavy atom. The van der Waals surface area contributed by atoms with Crippen LogP contribution in [0.3, 0.4) is 0 Å². The molecule has 0 aromatic heterocycles. The molecule has 0 aliphatic carbocycles. The molecule has 0 saturated carbocycles. The third-order valence-corrected chi connectivity index (χ3v) is 4.52. The van der Waals surface area contributed by atoms with Crippen molar-refractivity contribution in [3.8, 4) is 11.8 Å². The lowest BCUT2D eigenvalue weighted by Gasteiger charge is -2.09. The molecular weight excluding hydrogens is 480 g/mol. The minimum atomic E-state index is -0.582. The second-order valence-corrected chi connectivity index (χ2v) is 6.97. The number of carbonyl (C=O) groups excluding carboxylic acids is 2. The number of anilines is 1. The fourth-order valence-electron chi connectivity index (χ4n) is 2.21. The van der Waals surface area contributed by atoms with Crippen molar-refractivity contribution in [2.24, 2.45) is 0 Å². The van der Waals surface area contributed by atoms with Gasteiger partial charge in [0.15, 0.2) is 0 Å². The van der Waals surface area contributed by atoms with Crippen LogP contribution in [0.2, 0.25) is 0 Å². The Bertz CT molecular complexity index is 947. The van der Waals surface area contributed by atoms with Gasteiger partial charge in [-0.1, -0.05) is 15.9 Å². The van der Waals surface area contributed by atoms with E-state index in [9.17, 15) is 14.9 Å². The van der Waals surface area contributed by atoms with E-state index in [0.29, 0.717) is 27.0 Å². The van der Waals surface area contributed by atoms with Crippen molar-refractivity contribution in [1.29, 1.82) is 5.26 Å². The highest BCUT2D eigenvalue weighted by Crippen LogP contribution is 2.34. The molecule has 6 nitrogen and oxygen atoms in total. The molecule has 0 bridgehead atoms. The molecule has 0 aliphatic heterocycles. The highest BCUT2D eigenvalue weighted by atomic mass is 79.9. The summed E-state index contributed by atoms with van der Waals surface area (Å²) < 4.78 is 11.4. The van der Waals surface area contributed by atoms with Crippen LogP contribution in [0.5, 0.6) is 5.75 Å². The van der Waals surface area contributed by atoms with E-state index in [1.54, 1.807) is 24.3 Å². The molecule has 8 heteroatoms. The Balaban J connectivity index is 2.28. The number of methoxy groups -OCH3 is 2. The molecule has 0 unspecified atom stereocenters. The van der Waals surface area contributed by atoms with Gasteiger partial charge in [-0.15, -0.1) is 0 Å². The highest BCUT2D eigenvalue weighted by Gasteiger charge is 2.14. The third-order valence-electron chi connectivity index (χ3n) is 3.47. The number of esters is 1. The van der Waals surface area contributed by atoms with Crippen LogP contribution in [0.4, 0.5) is 5.69 Å². The molecular formula is C19H14Br2N2O4. The maximum absolute atomic E-state index is 12.4. The van der Waals surface area contributed by atoms with E-state index >= 15 is 0 Å². The Morgan fingerprint density at radius 3 is 2.37 bits per heavy atom. The molecule has 27 heavy (non-hydrogen) atoms. The topological polar surface area (TPSA) is 88.4 Å². The molecule has 0 saturated heterocycles. The van der Waals surface area contributed by atoms with E-state index in [1.165, 1.54) is 32.4 Å². The minimum absolute atomic E-state index is 0.102. The number of carbonyl (C=O) groups is 2. The molecule has 2 aromatic carbocycles. The minimum Gasteiger partial charge on any atom is -0.495 e. The highest BCUT2D eigenvalue weighted by molar-refractivity contribution is 9.11. The maximum atomic E-state index is 12.4. The van der Waals surface area contributed by atoms with Gasteiger partial charge in [0.2, 0.25) is 0 Å². The first-order valence-corrected chi connectivity index (χ1v) is 9.12. The zero-order valence-electron chi connectivity index (χ0n) is 14.4. The van der Waals surface area contributed by atoms with Crippen LogP contribution >= 0.6 is 31.9 Å². The molecule has 2 rings (SSSR count). The largest absolute Gasteiger partial charge is 0.495 e. The van der Waals surface area contributed by atoms with Gasteiger partial charge < -0.3 is 14.8 Å². The number of rotatable bonds is 5. The van der Waals surface area contributed by atoms with Gasteiger partial charge in [-0.05, 0) is 58.4 Å². The molecule has 0 radical (unpaired) electrons. The van der Waals surface area contributed by atoms with Gasteiger partial charge in [-0.3, -0.25) is 4.79 Å². The van der Waals surface area contributed by atoms with Crippen molar-refractivity contribution in [3.05, 3.63) is 62.0 Å². The fourth-order valence-corrected chi connectivity index (χ4v) is 3.63. The predicted molar refractivity (Wildman–Crippen MR) is 108 cm³/mol. The van der Waals surface area contributed by atoms with Gasteiger partial charge in [0, 0.05) is 15.7 Å². The molecule has 1 amide bonds. The predicted octanol–water partition coefficient (Wildman–Crippen LogP) is 4.55. The Labute approximate surface area is 173 Å². The number of nitrogens with zero attached hydrogens (tertiary/aromatic N) is 1. The molecule has 1 N–H and O–H groups in total. The van der Waals surface area contributed by atoms with Crippen LogP contribution in [0.15, 0.2) is 50.9 Å². The van der Waals surface area contributed by atoms with E-state index in [4.69, 9.17) is 4.74 Å². The number of nitrogens with one attached hydrogen (secondary N) is 1. The fraction of sp³-hybridized carbons (Fsp3) is 0.105. The van der Waals surface area contributed by atoms with Crippen LogP contribution in [-0.4, -0.2) is 26.1 Å². The SMILES string of the molecule is COC(=O)c1ccc(NC(=O)/C(C#N)=C/c2cc(Br)cc(Br)c2OC)cc1. The first kappa shape index (κ1) is 20.7. The second kappa shape index (κ2) is 9.35. The lowest BCUT2D eigenvalue weighted by molar-refractivity contribution is -0.112. The number of amides is 1. The van der Waals surface area contributed by atoms with Crippen molar-refractivity contribution in [1.82, 2.24) is 0 Å². The number of hydrogen-bond acceptors (Lipinski definition) is 5. The molecule has 0 spiro atoms. The molecule has 0 atom stereocenters. The quantitative estimate of drug-likeness (QED) is 0.375. The van der Waals surface area contributed by atoms with Crippen LogP contribution in [0, 0.1) is 11.3 Å². The van der Waals surface area contributed by atoms with Crippen LogP contribution < -0.4 is 10.1 Å². The summed E-state index contributed by atoms with van der Waals surface area (Å²) in [6, 6.07) is 11.6. The Hall–Kier alpha value is -2.63. The molecule has 0 heterocycles. The maximum Gasteiger partial charge on any atom is 0.337 e. The lowest BCUT2D eigenvalue weighted by Crippen LogP contribution is -2.13. The first-order valence-electron chi connectivity index (χ1n) is 7.54. The average molecular weight is 494 g/mol. The van der Waals surface area contributed by atoms with Gasteiger partial charge >= 0.3 is 5.97 Å². The molecule has 138 valence electrons. The van der Waals surface area contributed by atoms with Crippen molar-refractivity contribution in [2.45, 2.75) is 0 Å². The normalized spacial score (nSPS) is 10.7. The summed E-state index contributed by atoms with van der Waals surface area (Å²) in [6.45, 7) is 0. The van der Waals surface area contributed by atoms with Crippen LogP contribution in [0.25, 0.3) is 6.08 Å². The Kier molecular flexibility index (Phi) is 7.16. The van der Waals surface area contributed by atoms with Crippen molar-refractivity contribution in [3.63, 3.8) is 0 Å². The smallest absolute Gasteiger partial charge is 0.337 e. The zero-order chi connectivity index (χ0) is 20.0. The Morgan fingerprint density at radius 1 is 1.15 bits per heavy atom. The monoisotopic (exact) mass is 492 g/mol. The summed E-state index contributed by atoms with van der Waals surface area (Å²) in [7, 11) is 2.79. The number of hydrogen-bond donors (Lipinski definition) is 1. The van der Waals surface area contributed by atoms with E-state index in [-0.39, 0.29) is 5.57 Å². The first-order chi connectivity index (χ1) is 12.9. The van der Waals surface area contributed by atoms with Crippen molar-refractivity contribution >= 4 is 55.5 Å². The molecule has 2 aromatic rings. The van der Waals surface area contributed by atoms with Gasteiger partial charge in [-0.2, -0.15) is 5.26 Å². The average Bonchev–Trinajstić information content (AvgIpc) is 2.65. The molecule has 0 fully saturated rings. The summed E-state index contributed by atoms with van der Waals surface area (Å²) >= 11 is 6.75. The van der Waals surface area contributed by atoms with E-state index < -0.39 is 11.9 Å². The number of ether oxygens (including phenoxy) is 2. The summed E-state index contributed by atoms with van der Waals surface area (Å²) in [5, 5.41) is 12.0. The van der Waals surface area contributed by atoms with Gasteiger partial charge in [0.25, 0.3) is 5.91 Å². The van der Waals surface area contributed by atoms with E-state index in [1.807, 2.05) is 6.07 Å². The second-order valence-electron chi connectivity index (χ2n) is 5.20. The van der Waals surface area contributed by atoms with Crippen LogP contribution in [0.1, 0.15) is 15.9 Å². The number of nitriles is 1. The summed E-state index contributed by atoms with van der Waals surface area (Å²) in [6.07, 6.45) is 1.44. The number of benzene rings is 2. The van der Waals surface area contributed by atoms with Crippen molar-refractivity contribution in [2.75, 3.05) is 19.5 Å². The standard InChI is InChI=1S/C19H14Br2N2O4/c1-26-17-12(8-14(20)9-16(17)21)7-13(10-22)18(24)23-15-5-3-11(4-6-15)19(25)27-2/h3-9H,1-2H3,(H,23,24)/b13-7+. The molecule has 0 aliphatic rings. The summed E-state index contributed by atoms with van der Waals surface area (Å²) in [5.41, 5.74) is 1.26. The number of halogens is 2. The van der Waals surface area contributed by atoms with Gasteiger partial charge in [-0.25, -0.2) is 4.79 Å².